The highest BCUT2D eigenvalue weighted by Gasteiger charge is 2.24. The average Bonchev–Trinajstić information content (AvgIpc) is 2.89. The van der Waals surface area contributed by atoms with Gasteiger partial charge in [0.1, 0.15) is 6.54 Å². The van der Waals surface area contributed by atoms with Gasteiger partial charge in [-0.25, -0.2) is 0 Å². The topological polar surface area (TPSA) is 63.6 Å². The Hall–Kier alpha value is -3.18. The Morgan fingerprint density at radius 3 is 1.90 bits per heavy atom. The maximum atomic E-state index is 12.2. The summed E-state index contributed by atoms with van der Waals surface area (Å²) in [5.41, 5.74) is 1.47. The van der Waals surface area contributed by atoms with E-state index < -0.39 is 12.1 Å². The number of ether oxygens (including phenoxy) is 1. The maximum absolute atomic E-state index is 12.2. The van der Waals surface area contributed by atoms with Crippen molar-refractivity contribution in [3.05, 3.63) is 60.2 Å². The highest BCUT2D eigenvalue weighted by molar-refractivity contribution is 6.23. The molecule has 0 saturated carbocycles. The summed E-state index contributed by atoms with van der Waals surface area (Å²) in [5.74, 6) is -1.21. The van der Waals surface area contributed by atoms with Gasteiger partial charge in [0.2, 0.25) is 0 Å². The number of aliphatic carboxylic acids is 1. The van der Waals surface area contributed by atoms with Gasteiger partial charge in [-0.05, 0) is 57.1 Å². The van der Waals surface area contributed by atoms with Crippen LogP contribution in [0.2, 0.25) is 0 Å². The van der Waals surface area contributed by atoms with E-state index in [2.05, 4.69) is 54.6 Å². The van der Waals surface area contributed by atoms with Crippen LogP contribution in [0.3, 0.4) is 0 Å². The van der Waals surface area contributed by atoms with Crippen LogP contribution in [0.25, 0.3) is 32.3 Å². The number of quaternary nitrogens is 1. The van der Waals surface area contributed by atoms with Crippen LogP contribution in [0.1, 0.15) is 76.2 Å². The number of likely N-dealkylation sites (N-methyl/N-ethyl adjacent to an activating group) is 1. The molecule has 4 rings (SSSR count). The van der Waals surface area contributed by atoms with E-state index in [0.717, 1.165) is 25.7 Å². The van der Waals surface area contributed by atoms with Crippen molar-refractivity contribution in [1.29, 1.82) is 0 Å². The third-order valence-electron chi connectivity index (χ3n) is 7.90. The third-order valence-corrected chi connectivity index (χ3v) is 7.90. The first-order valence-corrected chi connectivity index (χ1v) is 15.1. The number of aryl methyl sites for hydroxylation is 1. The van der Waals surface area contributed by atoms with Crippen molar-refractivity contribution < 1.29 is 23.9 Å². The predicted octanol–water partition coefficient (Wildman–Crippen LogP) is 8.12. The fraction of sp³-hybridized carbons (Fsp3) is 0.486. The average molecular weight is 545 g/mol. The Bertz CT molecular complexity index is 1390. The first kappa shape index (κ1) is 29.8. The molecule has 214 valence electrons. The first-order valence-electron chi connectivity index (χ1n) is 15.1. The summed E-state index contributed by atoms with van der Waals surface area (Å²) in [6.45, 7) is 0.497. The van der Waals surface area contributed by atoms with E-state index in [-0.39, 0.29) is 12.4 Å². The van der Waals surface area contributed by atoms with Gasteiger partial charge in [0.05, 0.1) is 27.6 Å². The van der Waals surface area contributed by atoms with Gasteiger partial charge < -0.3 is 14.3 Å². The summed E-state index contributed by atoms with van der Waals surface area (Å²) in [5, 5.41) is 17.3. The normalized spacial score (nSPS) is 12.9. The van der Waals surface area contributed by atoms with Gasteiger partial charge in [0, 0.05) is 6.42 Å². The summed E-state index contributed by atoms with van der Waals surface area (Å²) in [6.07, 6.45) is 11.2. The molecule has 0 aliphatic carbocycles. The summed E-state index contributed by atoms with van der Waals surface area (Å²) in [7, 11) is 5.91. The molecule has 5 nitrogen and oxygen atoms in total. The summed E-state index contributed by atoms with van der Waals surface area (Å²) >= 11 is 0. The Balaban J connectivity index is 1.09. The molecule has 40 heavy (non-hydrogen) atoms. The van der Waals surface area contributed by atoms with Crippen LogP contribution in [0.5, 0.6) is 0 Å². The Kier molecular flexibility index (Phi) is 10.4. The molecular formula is C35H46NO4+. The molecule has 0 heterocycles. The van der Waals surface area contributed by atoms with Crippen molar-refractivity contribution in [1.82, 2.24) is 0 Å². The number of unbranched alkanes of at least 4 members (excludes halogenated alkanes) is 8. The minimum atomic E-state index is -0.932. The molecule has 0 aliphatic heterocycles. The molecule has 0 radical (unpaired) electrons. The molecular weight excluding hydrogens is 498 g/mol. The molecule has 4 aromatic rings. The highest BCUT2D eigenvalue weighted by Crippen LogP contribution is 2.36. The van der Waals surface area contributed by atoms with Crippen LogP contribution in [0.15, 0.2) is 54.6 Å². The Morgan fingerprint density at radius 2 is 1.27 bits per heavy atom. The number of carboxylic acids is 1. The zero-order valence-corrected chi connectivity index (χ0v) is 24.6. The Morgan fingerprint density at radius 1 is 0.725 bits per heavy atom. The van der Waals surface area contributed by atoms with E-state index in [4.69, 9.17) is 9.84 Å². The number of carboxylic acid groups (broad SMARTS) is 1. The SMILES string of the molecule is C[N+](C)(C)CC(CC(=O)O)OC(=O)CCCCCCCCCCCc1ccc2ccc3cccc4ccc1c2c34. The van der Waals surface area contributed by atoms with E-state index in [1.807, 2.05) is 21.1 Å². The van der Waals surface area contributed by atoms with Gasteiger partial charge in [0.25, 0.3) is 0 Å². The quantitative estimate of drug-likeness (QED) is 0.0631. The lowest BCUT2D eigenvalue weighted by atomic mass is 9.90. The molecule has 5 heteroatoms. The minimum Gasteiger partial charge on any atom is -0.481 e. The second kappa shape index (κ2) is 13.9. The molecule has 0 bridgehead atoms. The highest BCUT2D eigenvalue weighted by atomic mass is 16.5. The smallest absolute Gasteiger partial charge is 0.307 e. The number of hydrogen-bond donors (Lipinski definition) is 1. The molecule has 0 aliphatic rings. The zero-order valence-electron chi connectivity index (χ0n) is 24.6. The van der Waals surface area contributed by atoms with Crippen LogP contribution < -0.4 is 0 Å². The molecule has 0 spiro atoms. The summed E-state index contributed by atoms with van der Waals surface area (Å²) in [6, 6.07) is 20.3. The maximum Gasteiger partial charge on any atom is 0.307 e. The zero-order chi connectivity index (χ0) is 28.5. The predicted molar refractivity (Wildman–Crippen MR) is 165 cm³/mol. The lowest BCUT2D eigenvalue weighted by Gasteiger charge is -2.28. The number of carbonyl (C=O) groups excluding carboxylic acids is 1. The van der Waals surface area contributed by atoms with E-state index in [1.54, 1.807) is 0 Å². The van der Waals surface area contributed by atoms with Crippen molar-refractivity contribution in [2.75, 3.05) is 27.7 Å². The van der Waals surface area contributed by atoms with Gasteiger partial charge in [-0.3, -0.25) is 9.59 Å². The third kappa shape index (κ3) is 8.41. The fourth-order valence-electron chi connectivity index (χ4n) is 6.03. The second-order valence-electron chi connectivity index (χ2n) is 12.4. The van der Waals surface area contributed by atoms with Gasteiger partial charge in [-0.15, -0.1) is 0 Å². The largest absolute Gasteiger partial charge is 0.481 e. The van der Waals surface area contributed by atoms with Crippen LogP contribution >= 0.6 is 0 Å². The van der Waals surface area contributed by atoms with Crippen LogP contribution in [-0.2, 0) is 20.7 Å². The molecule has 0 saturated heterocycles. The van der Waals surface area contributed by atoms with E-state index in [0.29, 0.717) is 17.4 Å². The number of carbonyl (C=O) groups is 2. The standard InChI is InChI=1S/C35H45NO4/c1-36(2,3)25-30(24-32(37)38)40-33(39)17-12-10-8-6-4-5-7-9-11-14-26-18-19-29-21-20-27-15-13-16-28-22-23-31(26)35(29)34(27)28/h13,15-16,18-23,30H,4-12,14,17,24-25H2,1-3H3/p+1. The number of nitrogens with zero attached hydrogens (tertiary/aromatic N) is 1. The number of benzene rings is 4. The van der Waals surface area contributed by atoms with Crippen molar-refractivity contribution in [3.63, 3.8) is 0 Å². The van der Waals surface area contributed by atoms with Crippen molar-refractivity contribution in [2.45, 2.75) is 83.2 Å². The van der Waals surface area contributed by atoms with Gasteiger partial charge >= 0.3 is 11.9 Å². The van der Waals surface area contributed by atoms with Crippen molar-refractivity contribution in [2.24, 2.45) is 0 Å². The molecule has 0 aromatic heterocycles. The van der Waals surface area contributed by atoms with Crippen LogP contribution in [-0.4, -0.2) is 55.3 Å². The lowest BCUT2D eigenvalue weighted by Crippen LogP contribution is -2.43. The summed E-state index contributed by atoms with van der Waals surface area (Å²) < 4.78 is 6.03. The number of rotatable bonds is 17. The number of esters is 1. The van der Waals surface area contributed by atoms with Gasteiger partial charge in [-0.1, -0.05) is 99.5 Å². The first-order chi connectivity index (χ1) is 19.2. The fourth-order valence-corrected chi connectivity index (χ4v) is 6.03. The molecule has 1 unspecified atom stereocenters. The van der Waals surface area contributed by atoms with E-state index in [1.165, 1.54) is 76.4 Å². The monoisotopic (exact) mass is 544 g/mol. The van der Waals surface area contributed by atoms with Crippen molar-refractivity contribution >= 4 is 44.3 Å². The second-order valence-corrected chi connectivity index (χ2v) is 12.4. The van der Waals surface area contributed by atoms with E-state index >= 15 is 0 Å². The van der Waals surface area contributed by atoms with Crippen LogP contribution in [0, 0.1) is 0 Å². The minimum absolute atomic E-state index is 0.139. The lowest BCUT2D eigenvalue weighted by molar-refractivity contribution is -0.873. The van der Waals surface area contributed by atoms with Crippen LogP contribution in [0.4, 0.5) is 0 Å². The van der Waals surface area contributed by atoms with E-state index in [9.17, 15) is 9.59 Å². The summed E-state index contributed by atoms with van der Waals surface area (Å²) in [4.78, 5) is 23.3. The molecule has 4 aromatic carbocycles. The van der Waals surface area contributed by atoms with Gasteiger partial charge in [-0.2, -0.15) is 0 Å². The van der Waals surface area contributed by atoms with Crippen molar-refractivity contribution in [3.8, 4) is 0 Å². The molecule has 1 N–H and O–H groups in total. The molecule has 0 fully saturated rings. The number of hydrogen-bond acceptors (Lipinski definition) is 3. The Labute approximate surface area is 239 Å². The molecule has 1 atom stereocenters. The molecule has 0 amide bonds. The van der Waals surface area contributed by atoms with Gasteiger partial charge in [0.15, 0.2) is 6.10 Å².